The lowest BCUT2D eigenvalue weighted by molar-refractivity contribution is 0.202. The number of aryl methyl sites for hydroxylation is 1. The highest BCUT2D eigenvalue weighted by atomic mass is 35.5. The molecule has 166 valence electrons. The van der Waals surface area contributed by atoms with E-state index in [1.807, 2.05) is 62.4 Å². The minimum Gasteiger partial charge on any atom is -0.334 e. The third kappa shape index (κ3) is 4.55. The summed E-state index contributed by atoms with van der Waals surface area (Å²) in [7, 11) is 0. The number of nitrogens with one attached hydrogen (secondary N) is 1. The average molecular weight is 451 g/mol. The first-order chi connectivity index (χ1) is 15.3. The molecule has 0 radical (unpaired) electrons. The van der Waals surface area contributed by atoms with Crippen LogP contribution in [0.1, 0.15) is 50.3 Å². The van der Waals surface area contributed by atoms with Crippen LogP contribution in [0.5, 0.6) is 0 Å². The Morgan fingerprint density at radius 3 is 2.59 bits per heavy atom. The van der Waals surface area contributed by atoms with Crippen LogP contribution in [0.3, 0.4) is 0 Å². The lowest BCUT2D eigenvalue weighted by Gasteiger charge is -2.35. The third-order valence-corrected chi connectivity index (χ3v) is 5.91. The van der Waals surface area contributed by atoms with E-state index >= 15 is 0 Å². The number of aromatic nitrogens is 2. The summed E-state index contributed by atoms with van der Waals surface area (Å²) in [5.74, 6) is 1.37. The van der Waals surface area contributed by atoms with Gasteiger partial charge in [-0.2, -0.15) is 4.98 Å². The van der Waals surface area contributed by atoms with Gasteiger partial charge in [0.15, 0.2) is 0 Å². The first-order valence-corrected chi connectivity index (χ1v) is 11.2. The maximum atomic E-state index is 13.0. The lowest BCUT2D eigenvalue weighted by Crippen LogP contribution is -2.46. The number of urea groups is 1. The Balaban J connectivity index is 1.79. The number of hydrogen-bond donors (Lipinski definition) is 1. The maximum absolute atomic E-state index is 13.0. The topological polar surface area (TPSA) is 71.3 Å². The Kier molecular flexibility index (Phi) is 6.33. The predicted octanol–water partition coefficient (Wildman–Crippen LogP) is 6.24. The summed E-state index contributed by atoms with van der Waals surface area (Å²) < 4.78 is 5.72. The lowest BCUT2D eigenvalue weighted by atomic mass is 9.94. The fourth-order valence-corrected chi connectivity index (χ4v) is 4.00. The van der Waals surface area contributed by atoms with Gasteiger partial charge in [-0.1, -0.05) is 72.6 Å². The van der Waals surface area contributed by atoms with Gasteiger partial charge in [-0.05, 0) is 43.9 Å². The number of rotatable bonds is 6. The molecule has 2 aromatic carbocycles. The highest BCUT2D eigenvalue weighted by molar-refractivity contribution is 6.30. The molecule has 1 unspecified atom stereocenters. The van der Waals surface area contributed by atoms with Crippen molar-refractivity contribution in [1.29, 1.82) is 0 Å². The Morgan fingerprint density at radius 1 is 1.16 bits per heavy atom. The van der Waals surface area contributed by atoms with E-state index in [0.717, 1.165) is 34.4 Å². The van der Waals surface area contributed by atoms with E-state index in [-0.39, 0.29) is 6.03 Å². The van der Waals surface area contributed by atoms with Gasteiger partial charge in [0, 0.05) is 22.8 Å². The molecule has 0 saturated carbocycles. The van der Waals surface area contributed by atoms with E-state index in [0.29, 0.717) is 29.2 Å². The van der Waals surface area contributed by atoms with Gasteiger partial charge in [0.25, 0.3) is 5.89 Å². The minimum atomic E-state index is -0.442. The fraction of sp³-hybridized carbons (Fsp3) is 0.320. The normalized spacial score (nSPS) is 16.6. The molecule has 0 fully saturated rings. The monoisotopic (exact) mass is 450 g/mol. The maximum Gasteiger partial charge on any atom is 0.322 e. The molecule has 3 aromatic rings. The van der Waals surface area contributed by atoms with Gasteiger partial charge in [0.1, 0.15) is 0 Å². The SMILES string of the molecule is CC1=C(c2nc(-c3ccc(C)cc3)no2)C(c2cccc(Cl)c2)NC(=O)N1CCC(C)C. The van der Waals surface area contributed by atoms with E-state index in [2.05, 4.69) is 24.3 Å². The number of benzene rings is 2. The number of allylic oxidation sites excluding steroid dienone is 1. The molecular formula is C25H27ClN4O2. The van der Waals surface area contributed by atoms with Crippen LogP contribution in [0, 0.1) is 12.8 Å². The molecular weight excluding hydrogens is 424 g/mol. The number of carbonyl (C=O) groups excluding carboxylic acids is 1. The second-order valence-electron chi connectivity index (χ2n) is 8.56. The summed E-state index contributed by atoms with van der Waals surface area (Å²) in [4.78, 5) is 19.4. The second-order valence-corrected chi connectivity index (χ2v) is 9.00. The van der Waals surface area contributed by atoms with Gasteiger partial charge in [0.2, 0.25) is 5.82 Å². The van der Waals surface area contributed by atoms with Crippen molar-refractivity contribution >= 4 is 23.2 Å². The van der Waals surface area contributed by atoms with Crippen molar-refractivity contribution in [3.8, 4) is 11.4 Å². The standard InChI is InChI=1S/C25H27ClN4O2/c1-15(2)12-13-30-17(4)21(22(27-25(30)31)19-6-5-7-20(26)14-19)24-28-23(29-32-24)18-10-8-16(3)9-11-18/h5-11,14-15,22H,12-13H2,1-4H3,(H,27,31). The molecule has 2 heterocycles. The van der Waals surface area contributed by atoms with Crippen LogP contribution in [-0.4, -0.2) is 27.6 Å². The van der Waals surface area contributed by atoms with Crippen molar-refractivity contribution < 1.29 is 9.32 Å². The van der Waals surface area contributed by atoms with Crippen LogP contribution in [0.2, 0.25) is 5.02 Å². The molecule has 7 heteroatoms. The minimum absolute atomic E-state index is 0.143. The second kappa shape index (κ2) is 9.17. The quantitative estimate of drug-likeness (QED) is 0.482. The molecule has 6 nitrogen and oxygen atoms in total. The van der Waals surface area contributed by atoms with Gasteiger partial charge in [-0.25, -0.2) is 4.79 Å². The summed E-state index contributed by atoms with van der Waals surface area (Å²) in [6, 6.07) is 14.8. The van der Waals surface area contributed by atoms with E-state index in [1.54, 1.807) is 4.90 Å². The van der Waals surface area contributed by atoms with E-state index in [9.17, 15) is 4.79 Å². The first kappa shape index (κ1) is 22.1. The molecule has 1 aliphatic heterocycles. The van der Waals surface area contributed by atoms with Gasteiger partial charge < -0.3 is 9.84 Å². The molecule has 1 atom stereocenters. The molecule has 32 heavy (non-hydrogen) atoms. The van der Waals surface area contributed by atoms with E-state index in [4.69, 9.17) is 21.1 Å². The molecule has 1 aliphatic rings. The number of amides is 2. The zero-order valence-electron chi connectivity index (χ0n) is 18.7. The Hall–Kier alpha value is -3.12. The zero-order chi connectivity index (χ0) is 22.8. The number of nitrogens with zero attached hydrogens (tertiary/aromatic N) is 3. The molecule has 1 N–H and O–H groups in total. The van der Waals surface area contributed by atoms with Crippen LogP contribution in [0.15, 0.2) is 58.8 Å². The summed E-state index contributed by atoms with van der Waals surface area (Å²) >= 11 is 6.25. The van der Waals surface area contributed by atoms with Crippen LogP contribution in [0.4, 0.5) is 4.79 Å². The summed E-state index contributed by atoms with van der Waals surface area (Å²) in [6.07, 6.45) is 0.887. The summed E-state index contributed by atoms with van der Waals surface area (Å²) in [5.41, 5.74) is 4.48. The molecule has 0 aliphatic carbocycles. The summed E-state index contributed by atoms with van der Waals surface area (Å²) in [6.45, 7) is 8.86. The zero-order valence-corrected chi connectivity index (χ0v) is 19.5. The largest absolute Gasteiger partial charge is 0.334 e. The number of hydrogen-bond acceptors (Lipinski definition) is 4. The van der Waals surface area contributed by atoms with Crippen LogP contribution in [-0.2, 0) is 0 Å². The van der Waals surface area contributed by atoms with Crippen molar-refractivity contribution in [2.24, 2.45) is 5.92 Å². The Labute approximate surface area is 193 Å². The van der Waals surface area contributed by atoms with Crippen molar-refractivity contribution in [1.82, 2.24) is 20.4 Å². The van der Waals surface area contributed by atoms with Crippen molar-refractivity contribution in [2.45, 2.75) is 40.2 Å². The predicted molar refractivity (Wildman–Crippen MR) is 126 cm³/mol. The van der Waals surface area contributed by atoms with Crippen LogP contribution >= 0.6 is 11.6 Å². The summed E-state index contributed by atoms with van der Waals surface area (Å²) in [5, 5.41) is 7.92. The molecule has 2 amide bonds. The molecule has 1 aromatic heterocycles. The fourth-order valence-electron chi connectivity index (χ4n) is 3.80. The smallest absolute Gasteiger partial charge is 0.322 e. The third-order valence-electron chi connectivity index (χ3n) is 5.67. The van der Waals surface area contributed by atoms with Gasteiger partial charge in [0.05, 0.1) is 11.6 Å². The van der Waals surface area contributed by atoms with Gasteiger partial charge >= 0.3 is 6.03 Å². The molecule has 4 rings (SSSR count). The molecule has 0 spiro atoms. The first-order valence-electron chi connectivity index (χ1n) is 10.8. The van der Waals surface area contributed by atoms with Crippen molar-refractivity contribution in [3.63, 3.8) is 0 Å². The van der Waals surface area contributed by atoms with Crippen LogP contribution in [0.25, 0.3) is 17.0 Å². The molecule has 0 saturated heterocycles. The highest BCUT2D eigenvalue weighted by Gasteiger charge is 2.35. The average Bonchev–Trinajstić information content (AvgIpc) is 3.23. The van der Waals surface area contributed by atoms with E-state index in [1.165, 1.54) is 0 Å². The van der Waals surface area contributed by atoms with Gasteiger partial charge in [-0.3, -0.25) is 4.90 Å². The van der Waals surface area contributed by atoms with Crippen molar-refractivity contribution in [3.05, 3.63) is 76.3 Å². The van der Waals surface area contributed by atoms with Gasteiger partial charge in [-0.15, -0.1) is 0 Å². The molecule has 0 bridgehead atoms. The van der Waals surface area contributed by atoms with Crippen molar-refractivity contribution in [2.75, 3.05) is 6.54 Å². The Bertz CT molecular complexity index is 1150. The van der Waals surface area contributed by atoms with Crippen LogP contribution < -0.4 is 5.32 Å². The van der Waals surface area contributed by atoms with E-state index < -0.39 is 6.04 Å². The highest BCUT2D eigenvalue weighted by Crippen LogP contribution is 2.38. The Morgan fingerprint density at radius 2 is 1.91 bits per heavy atom. The number of carbonyl (C=O) groups is 1. The number of halogens is 1.